The van der Waals surface area contributed by atoms with Gasteiger partial charge in [0.05, 0.1) is 12.3 Å². The fourth-order valence-electron chi connectivity index (χ4n) is 4.46. The number of halogens is 1. The van der Waals surface area contributed by atoms with Gasteiger partial charge in [-0.1, -0.05) is 23.7 Å². The molecule has 1 atom stereocenters. The van der Waals surface area contributed by atoms with Crippen LogP contribution in [-0.2, 0) is 14.3 Å². The average molecular weight is 586 g/mol. The first-order valence-electron chi connectivity index (χ1n) is 13.4. The van der Waals surface area contributed by atoms with Crippen LogP contribution in [0.4, 0.5) is 4.79 Å². The Morgan fingerprint density at radius 3 is 2.52 bits per heavy atom. The zero-order valence-electron chi connectivity index (χ0n) is 23.8. The highest BCUT2D eigenvalue weighted by Gasteiger charge is 2.32. The van der Waals surface area contributed by atoms with Gasteiger partial charge in [-0.3, -0.25) is 14.4 Å². The largest absolute Gasteiger partial charge is 0.444 e. The maximum atomic E-state index is 13.1. The SMILES string of the molecule is Cc1sc2c(c1C)C(c1ccc(Cl)cc1)=N[C@@H](CC(=O)CCCOCCNC(=O)OC(C)(C)C)c1nnc(C)n1-2. The fraction of sp³-hybridized carbons (Fsp3) is 0.483. The van der Waals surface area contributed by atoms with Crippen molar-refractivity contribution in [1.29, 1.82) is 0 Å². The molecule has 1 N–H and O–H groups in total. The molecule has 0 fully saturated rings. The summed E-state index contributed by atoms with van der Waals surface area (Å²) in [6, 6.07) is 7.16. The van der Waals surface area contributed by atoms with Crippen molar-refractivity contribution in [2.45, 2.75) is 72.4 Å². The third kappa shape index (κ3) is 7.16. The number of nitrogens with zero attached hydrogens (tertiary/aromatic N) is 4. The summed E-state index contributed by atoms with van der Waals surface area (Å²) in [7, 11) is 0. The van der Waals surface area contributed by atoms with Crippen molar-refractivity contribution in [2.24, 2.45) is 4.99 Å². The van der Waals surface area contributed by atoms with Crippen LogP contribution in [0.1, 0.15) is 79.3 Å². The minimum atomic E-state index is -0.544. The van der Waals surface area contributed by atoms with E-state index in [9.17, 15) is 9.59 Å². The van der Waals surface area contributed by atoms with Crippen molar-refractivity contribution in [1.82, 2.24) is 20.1 Å². The number of hydrogen-bond donors (Lipinski definition) is 1. The fourth-order valence-corrected chi connectivity index (χ4v) is 5.80. The Hall–Kier alpha value is -3.08. The number of aromatic nitrogens is 3. The van der Waals surface area contributed by atoms with Gasteiger partial charge in [-0.15, -0.1) is 21.5 Å². The van der Waals surface area contributed by atoms with Gasteiger partial charge in [-0.25, -0.2) is 4.79 Å². The second-order valence-corrected chi connectivity index (χ2v) is 12.4. The number of nitrogens with one attached hydrogen (secondary N) is 1. The summed E-state index contributed by atoms with van der Waals surface area (Å²) in [6.07, 6.45) is 0.663. The first-order valence-corrected chi connectivity index (χ1v) is 14.6. The van der Waals surface area contributed by atoms with E-state index in [2.05, 4.69) is 29.4 Å². The van der Waals surface area contributed by atoms with Crippen LogP contribution in [0.2, 0.25) is 5.02 Å². The highest BCUT2D eigenvalue weighted by Crippen LogP contribution is 2.39. The number of alkyl carbamates (subject to hydrolysis) is 1. The van der Waals surface area contributed by atoms with Crippen molar-refractivity contribution in [3.63, 3.8) is 0 Å². The number of carbonyl (C=O) groups is 2. The Morgan fingerprint density at radius 1 is 1.10 bits per heavy atom. The lowest BCUT2D eigenvalue weighted by Gasteiger charge is -2.19. The number of ketones is 1. The molecule has 0 bridgehead atoms. The van der Waals surface area contributed by atoms with E-state index in [4.69, 9.17) is 26.1 Å². The van der Waals surface area contributed by atoms with E-state index < -0.39 is 17.7 Å². The number of aryl methyl sites for hydroxylation is 2. The van der Waals surface area contributed by atoms with Gasteiger partial charge in [-0.05, 0) is 65.7 Å². The van der Waals surface area contributed by atoms with Gasteiger partial charge in [0.1, 0.15) is 28.3 Å². The minimum absolute atomic E-state index is 0.0741. The predicted molar refractivity (Wildman–Crippen MR) is 157 cm³/mol. The summed E-state index contributed by atoms with van der Waals surface area (Å²) in [5.74, 6) is 1.50. The Balaban J connectivity index is 1.43. The maximum Gasteiger partial charge on any atom is 0.407 e. The summed E-state index contributed by atoms with van der Waals surface area (Å²) in [5.41, 5.74) is 3.42. The zero-order valence-corrected chi connectivity index (χ0v) is 25.4. The molecular formula is C29H36ClN5O4S. The van der Waals surface area contributed by atoms with E-state index in [1.165, 1.54) is 4.88 Å². The summed E-state index contributed by atoms with van der Waals surface area (Å²) >= 11 is 7.86. The highest BCUT2D eigenvalue weighted by atomic mass is 35.5. The molecule has 1 amide bonds. The lowest BCUT2D eigenvalue weighted by atomic mass is 9.99. The van der Waals surface area contributed by atoms with E-state index in [0.29, 0.717) is 43.4 Å². The first kappa shape index (κ1) is 29.9. The molecule has 3 aromatic rings. The number of thiophene rings is 1. The number of carbonyl (C=O) groups excluding carboxylic acids is 2. The van der Waals surface area contributed by atoms with Crippen LogP contribution >= 0.6 is 22.9 Å². The van der Waals surface area contributed by atoms with Crippen LogP contribution < -0.4 is 5.32 Å². The van der Waals surface area contributed by atoms with Crippen molar-refractivity contribution < 1.29 is 19.1 Å². The number of fused-ring (bicyclic) bond motifs is 3. The molecule has 1 aliphatic heterocycles. The number of aliphatic imine (C=N–C) groups is 1. The molecular weight excluding hydrogens is 550 g/mol. The topological polar surface area (TPSA) is 108 Å². The number of amides is 1. The number of ether oxygens (including phenoxy) is 2. The molecule has 1 aromatic carbocycles. The van der Waals surface area contributed by atoms with Crippen LogP contribution in [-0.4, -0.2) is 57.7 Å². The lowest BCUT2D eigenvalue weighted by molar-refractivity contribution is -0.119. The summed E-state index contributed by atoms with van der Waals surface area (Å²) in [6.45, 7) is 12.7. The molecule has 0 unspecified atom stereocenters. The van der Waals surface area contributed by atoms with E-state index in [-0.39, 0.29) is 12.2 Å². The summed E-state index contributed by atoms with van der Waals surface area (Å²) < 4.78 is 12.8. The molecule has 0 saturated carbocycles. The molecule has 9 nitrogen and oxygen atoms in total. The number of benzene rings is 1. The quantitative estimate of drug-likeness (QED) is 0.289. The molecule has 11 heteroatoms. The highest BCUT2D eigenvalue weighted by molar-refractivity contribution is 7.15. The zero-order chi connectivity index (χ0) is 29.0. The standard InChI is InChI=1S/C29H36ClN5O4S/c1-17-18(2)40-27-24(17)25(20-9-11-21(30)12-10-20)32-23(26-34-33-19(3)35(26)27)16-22(36)8-7-14-38-15-13-31-28(37)39-29(4,5)6/h9-12,23H,7-8,13-16H2,1-6H3,(H,31,37)/t23-/m0/s1. The Labute approximate surface area is 244 Å². The van der Waals surface area contributed by atoms with E-state index in [1.807, 2.05) is 56.5 Å². The van der Waals surface area contributed by atoms with Gasteiger partial charge in [0, 0.05) is 47.0 Å². The van der Waals surface area contributed by atoms with Crippen molar-refractivity contribution in [3.05, 3.63) is 62.5 Å². The summed E-state index contributed by atoms with van der Waals surface area (Å²) in [4.78, 5) is 31.1. The predicted octanol–water partition coefficient (Wildman–Crippen LogP) is 6.08. The second-order valence-electron chi connectivity index (χ2n) is 10.8. The van der Waals surface area contributed by atoms with Gasteiger partial charge in [0.2, 0.25) is 0 Å². The molecule has 1 aliphatic rings. The van der Waals surface area contributed by atoms with Crippen LogP contribution in [0, 0.1) is 20.8 Å². The molecule has 2 aromatic heterocycles. The molecule has 4 rings (SSSR count). The normalized spacial score (nSPS) is 14.7. The minimum Gasteiger partial charge on any atom is -0.444 e. The third-order valence-electron chi connectivity index (χ3n) is 6.44. The van der Waals surface area contributed by atoms with E-state index in [0.717, 1.165) is 33.2 Å². The molecule has 3 heterocycles. The van der Waals surface area contributed by atoms with Gasteiger partial charge in [0.25, 0.3) is 0 Å². The molecule has 214 valence electrons. The number of hydrogen-bond acceptors (Lipinski definition) is 8. The van der Waals surface area contributed by atoms with Gasteiger partial charge < -0.3 is 14.8 Å². The van der Waals surface area contributed by atoms with Crippen LogP contribution in [0.25, 0.3) is 5.00 Å². The van der Waals surface area contributed by atoms with E-state index >= 15 is 0 Å². The second kappa shape index (κ2) is 12.6. The molecule has 0 aliphatic carbocycles. The molecule has 0 radical (unpaired) electrons. The number of Topliss-reactive ketones (excluding diaryl/α,β-unsaturated/α-hetero) is 1. The Bertz CT molecular complexity index is 1400. The average Bonchev–Trinajstić information content (AvgIpc) is 3.35. The van der Waals surface area contributed by atoms with Crippen LogP contribution in [0.5, 0.6) is 0 Å². The van der Waals surface area contributed by atoms with Crippen molar-refractivity contribution in [3.8, 4) is 5.00 Å². The summed E-state index contributed by atoms with van der Waals surface area (Å²) in [5, 5.41) is 13.1. The number of rotatable bonds is 10. The van der Waals surface area contributed by atoms with E-state index in [1.54, 1.807) is 11.3 Å². The molecule has 40 heavy (non-hydrogen) atoms. The maximum absolute atomic E-state index is 13.1. The van der Waals surface area contributed by atoms with Crippen molar-refractivity contribution >= 4 is 40.5 Å². The lowest BCUT2D eigenvalue weighted by Crippen LogP contribution is -2.34. The Morgan fingerprint density at radius 2 is 1.82 bits per heavy atom. The van der Waals surface area contributed by atoms with Gasteiger partial charge >= 0.3 is 6.09 Å². The molecule has 0 spiro atoms. The van der Waals surface area contributed by atoms with Gasteiger partial charge in [-0.2, -0.15) is 0 Å². The first-order chi connectivity index (χ1) is 18.9. The van der Waals surface area contributed by atoms with Gasteiger partial charge in [0.15, 0.2) is 5.82 Å². The third-order valence-corrected chi connectivity index (χ3v) is 7.88. The molecule has 0 saturated heterocycles. The Kier molecular flexibility index (Phi) is 9.43. The van der Waals surface area contributed by atoms with Crippen LogP contribution in [0.3, 0.4) is 0 Å². The van der Waals surface area contributed by atoms with Crippen molar-refractivity contribution in [2.75, 3.05) is 19.8 Å². The van der Waals surface area contributed by atoms with Crippen LogP contribution in [0.15, 0.2) is 29.3 Å². The monoisotopic (exact) mass is 585 g/mol. The smallest absolute Gasteiger partial charge is 0.407 e.